The molecule has 0 bridgehead atoms. The van der Waals surface area contributed by atoms with Crippen molar-refractivity contribution in [3.8, 4) is 0 Å². The lowest BCUT2D eigenvalue weighted by Gasteiger charge is -2.33. The first-order valence-electron chi connectivity index (χ1n) is 14.1. The molecule has 3 aliphatic carbocycles. The summed E-state index contributed by atoms with van der Waals surface area (Å²) in [6.45, 7) is 13.7. The first-order valence-corrected chi connectivity index (χ1v) is 14.1. The van der Waals surface area contributed by atoms with Gasteiger partial charge >= 0.3 is 0 Å². The van der Waals surface area contributed by atoms with Gasteiger partial charge in [-0.2, -0.15) is 0 Å². The van der Waals surface area contributed by atoms with Gasteiger partial charge in [0.05, 0.1) is 0 Å². The Labute approximate surface area is 189 Å². The topological polar surface area (TPSA) is 0 Å². The van der Waals surface area contributed by atoms with Gasteiger partial charge in [0.2, 0.25) is 0 Å². The zero-order chi connectivity index (χ0) is 22.1. The lowest BCUT2D eigenvalue weighted by molar-refractivity contribution is 0.142. The van der Waals surface area contributed by atoms with E-state index in [2.05, 4.69) is 27.7 Å². The van der Waals surface area contributed by atoms with Gasteiger partial charge in [-0.25, -0.2) is 4.39 Å². The van der Waals surface area contributed by atoms with E-state index in [9.17, 15) is 0 Å². The molecule has 3 rings (SSSR count). The van der Waals surface area contributed by atoms with Crippen LogP contribution in [-0.2, 0) is 0 Å². The highest BCUT2D eigenvalue weighted by atomic mass is 19.1. The standard InChI is InChI=1S/C27H49F.C2H6/c1-19-5-11-23(12-6-19)21(3)9-10-22(4)26-17-15-25(16-18-27(26)28)24-13-7-20(2)8-14-24;1-2/h19-27H,5-18H2,1-4H3;1-2H3. The minimum Gasteiger partial charge on any atom is -0.247 e. The monoisotopic (exact) mass is 422 g/mol. The minimum atomic E-state index is -0.534. The van der Waals surface area contributed by atoms with Crippen LogP contribution in [0.15, 0.2) is 0 Å². The summed E-state index contributed by atoms with van der Waals surface area (Å²) in [5.41, 5.74) is 0. The summed E-state index contributed by atoms with van der Waals surface area (Å²) in [6.07, 6.45) is 17.9. The molecular weight excluding hydrogens is 367 g/mol. The summed E-state index contributed by atoms with van der Waals surface area (Å²) in [6, 6.07) is 0. The molecule has 0 spiro atoms. The zero-order valence-electron chi connectivity index (χ0n) is 21.5. The van der Waals surface area contributed by atoms with Crippen LogP contribution in [0.2, 0.25) is 0 Å². The summed E-state index contributed by atoms with van der Waals surface area (Å²) in [5.74, 6) is 6.31. The van der Waals surface area contributed by atoms with Crippen LogP contribution < -0.4 is 0 Å². The summed E-state index contributed by atoms with van der Waals surface area (Å²) >= 11 is 0. The second-order valence-electron chi connectivity index (χ2n) is 11.7. The fourth-order valence-corrected chi connectivity index (χ4v) is 7.02. The normalized spacial score (nSPS) is 39.9. The Hall–Kier alpha value is -0.0700. The van der Waals surface area contributed by atoms with E-state index in [0.717, 1.165) is 48.3 Å². The van der Waals surface area contributed by atoms with Crippen molar-refractivity contribution in [2.75, 3.05) is 0 Å². The third-order valence-corrected chi connectivity index (χ3v) is 9.55. The van der Waals surface area contributed by atoms with Crippen molar-refractivity contribution in [2.24, 2.45) is 47.3 Å². The average Bonchev–Trinajstić information content (AvgIpc) is 2.96. The van der Waals surface area contributed by atoms with Gasteiger partial charge in [0, 0.05) is 0 Å². The second kappa shape index (κ2) is 13.5. The summed E-state index contributed by atoms with van der Waals surface area (Å²) in [4.78, 5) is 0. The van der Waals surface area contributed by atoms with Gasteiger partial charge in [0.15, 0.2) is 0 Å². The van der Waals surface area contributed by atoms with E-state index < -0.39 is 6.17 Å². The highest BCUT2D eigenvalue weighted by Gasteiger charge is 2.35. The molecule has 5 unspecified atom stereocenters. The van der Waals surface area contributed by atoms with Crippen molar-refractivity contribution in [3.63, 3.8) is 0 Å². The lowest BCUT2D eigenvalue weighted by atomic mass is 9.73. The van der Waals surface area contributed by atoms with Crippen LogP contribution in [0.1, 0.15) is 131 Å². The molecule has 0 N–H and O–H groups in total. The van der Waals surface area contributed by atoms with Crippen molar-refractivity contribution in [1.29, 1.82) is 0 Å². The highest BCUT2D eigenvalue weighted by Crippen LogP contribution is 2.43. The quantitative estimate of drug-likeness (QED) is 0.373. The minimum absolute atomic E-state index is 0.339. The van der Waals surface area contributed by atoms with Crippen LogP contribution in [0.5, 0.6) is 0 Å². The Morgan fingerprint density at radius 1 is 0.600 bits per heavy atom. The van der Waals surface area contributed by atoms with Crippen molar-refractivity contribution in [1.82, 2.24) is 0 Å². The second-order valence-corrected chi connectivity index (χ2v) is 11.7. The van der Waals surface area contributed by atoms with Crippen LogP contribution in [0.3, 0.4) is 0 Å². The van der Waals surface area contributed by atoms with E-state index in [4.69, 9.17) is 0 Å². The third-order valence-electron chi connectivity index (χ3n) is 9.55. The first kappa shape index (κ1) is 26.2. The van der Waals surface area contributed by atoms with Gasteiger partial charge in [-0.3, -0.25) is 0 Å². The van der Waals surface area contributed by atoms with Gasteiger partial charge in [0.1, 0.15) is 6.17 Å². The fourth-order valence-electron chi connectivity index (χ4n) is 7.02. The smallest absolute Gasteiger partial charge is 0.103 e. The number of hydrogen-bond donors (Lipinski definition) is 0. The maximum atomic E-state index is 15.1. The van der Waals surface area contributed by atoms with E-state index in [1.54, 1.807) is 0 Å². The number of alkyl halides is 1. The van der Waals surface area contributed by atoms with E-state index in [-0.39, 0.29) is 0 Å². The van der Waals surface area contributed by atoms with Crippen molar-refractivity contribution in [3.05, 3.63) is 0 Å². The molecule has 0 radical (unpaired) electrons. The number of halogens is 1. The van der Waals surface area contributed by atoms with Gasteiger partial charge < -0.3 is 0 Å². The molecule has 0 saturated heterocycles. The van der Waals surface area contributed by atoms with E-state index >= 15 is 4.39 Å². The zero-order valence-corrected chi connectivity index (χ0v) is 21.5. The molecule has 0 aliphatic heterocycles. The molecule has 3 fully saturated rings. The van der Waals surface area contributed by atoms with Crippen LogP contribution in [0.4, 0.5) is 4.39 Å². The van der Waals surface area contributed by atoms with Crippen LogP contribution in [0, 0.1) is 47.3 Å². The Morgan fingerprint density at radius 2 is 1.03 bits per heavy atom. The molecule has 0 nitrogen and oxygen atoms in total. The summed E-state index contributed by atoms with van der Waals surface area (Å²) < 4.78 is 15.1. The van der Waals surface area contributed by atoms with Gasteiger partial charge in [0.25, 0.3) is 0 Å². The van der Waals surface area contributed by atoms with Crippen molar-refractivity contribution >= 4 is 0 Å². The molecule has 0 aromatic rings. The largest absolute Gasteiger partial charge is 0.247 e. The summed E-state index contributed by atoms with van der Waals surface area (Å²) in [5, 5.41) is 0. The van der Waals surface area contributed by atoms with Crippen molar-refractivity contribution < 1.29 is 4.39 Å². The highest BCUT2D eigenvalue weighted by molar-refractivity contribution is 4.85. The SMILES string of the molecule is CC.CC1CCC(C(C)CCC(C)C2CCC(C3CCC(C)CC3)CCC2F)CC1. The number of rotatable bonds is 6. The molecule has 3 saturated carbocycles. The summed E-state index contributed by atoms with van der Waals surface area (Å²) in [7, 11) is 0. The number of hydrogen-bond acceptors (Lipinski definition) is 0. The molecule has 0 aromatic carbocycles. The van der Waals surface area contributed by atoms with Crippen LogP contribution >= 0.6 is 0 Å². The maximum Gasteiger partial charge on any atom is 0.103 e. The Kier molecular flexibility index (Phi) is 11.8. The Morgan fingerprint density at radius 3 is 1.60 bits per heavy atom. The predicted molar refractivity (Wildman–Crippen MR) is 131 cm³/mol. The Balaban J connectivity index is 0.00000155. The molecule has 178 valence electrons. The van der Waals surface area contributed by atoms with Gasteiger partial charge in [-0.05, 0) is 98.7 Å². The molecule has 5 atom stereocenters. The molecule has 30 heavy (non-hydrogen) atoms. The molecule has 3 aliphatic rings. The maximum absolute atomic E-state index is 15.1. The van der Waals surface area contributed by atoms with Gasteiger partial charge in [-0.15, -0.1) is 0 Å². The van der Waals surface area contributed by atoms with Crippen LogP contribution in [0.25, 0.3) is 0 Å². The van der Waals surface area contributed by atoms with Crippen molar-refractivity contribution in [2.45, 2.75) is 138 Å². The van der Waals surface area contributed by atoms with Crippen LogP contribution in [-0.4, -0.2) is 6.17 Å². The van der Waals surface area contributed by atoms with E-state index in [1.165, 1.54) is 77.0 Å². The molecule has 0 heterocycles. The van der Waals surface area contributed by atoms with Gasteiger partial charge in [-0.1, -0.05) is 80.1 Å². The molecular formula is C29H55F. The van der Waals surface area contributed by atoms with E-state index in [1.807, 2.05) is 13.8 Å². The lowest BCUT2D eigenvalue weighted by Crippen LogP contribution is -2.24. The third kappa shape index (κ3) is 7.81. The molecule has 1 heteroatoms. The molecule has 0 amide bonds. The molecule has 0 aromatic heterocycles. The average molecular weight is 423 g/mol. The Bertz CT molecular complexity index is 430. The van der Waals surface area contributed by atoms with E-state index in [0.29, 0.717) is 11.8 Å². The fraction of sp³-hybridized carbons (Fsp3) is 1.00. The first-order chi connectivity index (χ1) is 14.4. The predicted octanol–water partition coefficient (Wildman–Crippen LogP) is 9.86.